The lowest BCUT2D eigenvalue weighted by atomic mass is 9.75. The maximum atomic E-state index is 11.6. The van der Waals surface area contributed by atoms with E-state index in [4.69, 9.17) is 4.74 Å². The molecule has 0 spiro atoms. The van der Waals surface area contributed by atoms with Crippen LogP contribution in [0.5, 0.6) is 5.75 Å². The molecule has 2 aromatic carbocycles. The van der Waals surface area contributed by atoms with Crippen molar-refractivity contribution in [1.82, 2.24) is 0 Å². The first-order valence-corrected chi connectivity index (χ1v) is 7.75. The number of benzene rings is 2. The highest BCUT2D eigenvalue weighted by atomic mass is 16.5. The van der Waals surface area contributed by atoms with Crippen LogP contribution in [0.2, 0.25) is 0 Å². The molecule has 0 bridgehead atoms. The Hall–Kier alpha value is -1.84. The van der Waals surface area contributed by atoms with Gasteiger partial charge in [-0.3, -0.25) is 0 Å². The third-order valence-electron chi connectivity index (χ3n) is 4.74. The Kier molecular flexibility index (Phi) is 4.19. The van der Waals surface area contributed by atoms with Gasteiger partial charge in [0.25, 0.3) is 0 Å². The van der Waals surface area contributed by atoms with Crippen molar-refractivity contribution in [3.8, 4) is 5.75 Å². The summed E-state index contributed by atoms with van der Waals surface area (Å²) in [6, 6.07) is 17.3. The average molecular weight is 298 g/mol. The van der Waals surface area contributed by atoms with Gasteiger partial charge in [-0.2, -0.15) is 0 Å². The van der Waals surface area contributed by atoms with Gasteiger partial charge in [-0.15, -0.1) is 0 Å². The molecule has 3 heteroatoms. The monoisotopic (exact) mass is 298 g/mol. The second kappa shape index (κ2) is 6.11. The molecule has 3 rings (SSSR count). The number of rotatable bonds is 4. The minimum absolute atomic E-state index is 0.0123. The van der Waals surface area contributed by atoms with Gasteiger partial charge in [0.2, 0.25) is 0 Å². The molecule has 0 heterocycles. The van der Waals surface area contributed by atoms with Crippen LogP contribution in [0, 0.1) is 5.92 Å². The Morgan fingerprint density at radius 3 is 2.14 bits per heavy atom. The summed E-state index contributed by atoms with van der Waals surface area (Å²) in [5.41, 5.74) is 0.642. The summed E-state index contributed by atoms with van der Waals surface area (Å²) in [6.45, 7) is 0. The summed E-state index contributed by atoms with van der Waals surface area (Å²) in [7, 11) is 1.63. The molecule has 2 aromatic rings. The van der Waals surface area contributed by atoms with Crippen LogP contribution in [0.15, 0.2) is 54.6 Å². The van der Waals surface area contributed by atoms with Crippen LogP contribution in [0.25, 0.3) is 0 Å². The van der Waals surface area contributed by atoms with E-state index >= 15 is 0 Å². The number of hydrogen-bond donors (Lipinski definition) is 2. The topological polar surface area (TPSA) is 49.7 Å². The highest BCUT2D eigenvalue weighted by Crippen LogP contribution is 2.45. The second-order valence-electron chi connectivity index (χ2n) is 6.02. The molecule has 116 valence electrons. The molecule has 1 saturated carbocycles. The SMILES string of the molecule is COc1ccc(C(O)(c2ccccc2)[C@H]2CC[C@H](O)C2)cc1. The van der Waals surface area contributed by atoms with Gasteiger partial charge in [0.1, 0.15) is 11.4 Å². The smallest absolute Gasteiger partial charge is 0.118 e. The normalized spacial score (nSPS) is 24.0. The van der Waals surface area contributed by atoms with Gasteiger partial charge in [-0.05, 0) is 48.4 Å². The zero-order valence-electron chi connectivity index (χ0n) is 12.8. The van der Waals surface area contributed by atoms with Crippen molar-refractivity contribution in [2.45, 2.75) is 31.0 Å². The summed E-state index contributed by atoms with van der Waals surface area (Å²) < 4.78 is 5.21. The van der Waals surface area contributed by atoms with E-state index in [1.807, 2.05) is 54.6 Å². The maximum Gasteiger partial charge on any atom is 0.118 e. The van der Waals surface area contributed by atoms with Gasteiger partial charge in [0, 0.05) is 0 Å². The van der Waals surface area contributed by atoms with Crippen LogP contribution in [0.4, 0.5) is 0 Å². The first kappa shape index (κ1) is 15.1. The van der Waals surface area contributed by atoms with Crippen molar-refractivity contribution < 1.29 is 14.9 Å². The lowest BCUT2D eigenvalue weighted by molar-refractivity contribution is 0.0128. The lowest BCUT2D eigenvalue weighted by Crippen LogP contribution is -2.35. The van der Waals surface area contributed by atoms with Gasteiger partial charge in [-0.1, -0.05) is 42.5 Å². The maximum absolute atomic E-state index is 11.6. The Balaban J connectivity index is 2.05. The minimum Gasteiger partial charge on any atom is -0.497 e. The Morgan fingerprint density at radius 2 is 1.59 bits per heavy atom. The summed E-state index contributed by atoms with van der Waals surface area (Å²) in [6.07, 6.45) is 1.87. The van der Waals surface area contributed by atoms with Crippen molar-refractivity contribution in [2.24, 2.45) is 5.92 Å². The van der Waals surface area contributed by atoms with E-state index in [2.05, 4.69) is 0 Å². The van der Waals surface area contributed by atoms with Gasteiger partial charge in [-0.25, -0.2) is 0 Å². The van der Waals surface area contributed by atoms with E-state index in [9.17, 15) is 10.2 Å². The van der Waals surface area contributed by atoms with Crippen LogP contribution in [0.1, 0.15) is 30.4 Å². The fraction of sp³-hybridized carbons (Fsp3) is 0.368. The molecule has 0 amide bonds. The fourth-order valence-corrected chi connectivity index (χ4v) is 3.51. The van der Waals surface area contributed by atoms with Crippen LogP contribution in [0.3, 0.4) is 0 Å². The average Bonchev–Trinajstić information content (AvgIpc) is 3.02. The third-order valence-corrected chi connectivity index (χ3v) is 4.74. The van der Waals surface area contributed by atoms with Crippen LogP contribution in [-0.4, -0.2) is 23.4 Å². The number of hydrogen-bond acceptors (Lipinski definition) is 3. The van der Waals surface area contributed by atoms with Crippen LogP contribution < -0.4 is 4.74 Å². The Morgan fingerprint density at radius 1 is 0.955 bits per heavy atom. The van der Waals surface area contributed by atoms with E-state index < -0.39 is 5.60 Å². The largest absolute Gasteiger partial charge is 0.497 e. The first-order valence-electron chi connectivity index (χ1n) is 7.75. The molecule has 1 unspecified atom stereocenters. The van der Waals surface area contributed by atoms with Crippen molar-refractivity contribution in [1.29, 1.82) is 0 Å². The van der Waals surface area contributed by atoms with Crippen molar-refractivity contribution in [3.05, 3.63) is 65.7 Å². The predicted octanol–water partition coefficient (Wildman–Crippen LogP) is 3.09. The Bertz CT molecular complexity index is 608. The highest BCUT2D eigenvalue weighted by molar-refractivity contribution is 5.40. The zero-order chi connectivity index (χ0) is 15.6. The number of methoxy groups -OCH3 is 1. The molecular weight excluding hydrogens is 276 g/mol. The number of aliphatic hydroxyl groups excluding tert-OH is 1. The third kappa shape index (κ3) is 2.62. The molecule has 0 saturated heterocycles. The van der Waals surface area contributed by atoms with Gasteiger partial charge < -0.3 is 14.9 Å². The van der Waals surface area contributed by atoms with E-state index in [-0.39, 0.29) is 12.0 Å². The molecule has 3 atom stereocenters. The van der Waals surface area contributed by atoms with Crippen molar-refractivity contribution >= 4 is 0 Å². The lowest BCUT2D eigenvalue weighted by Gasteiger charge is -2.35. The van der Waals surface area contributed by atoms with Crippen LogP contribution >= 0.6 is 0 Å². The second-order valence-corrected chi connectivity index (χ2v) is 6.02. The molecule has 0 radical (unpaired) electrons. The zero-order valence-corrected chi connectivity index (χ0v) is 12.8. The van der Waals surface area contributed by atoms with E-state index in [0.29, 0.717) is 6.42 Å². The molecule has 2 N–H and O–H groups in total. The van der Waals surface area contributed by atoms with Gasteiger partial charge in [0.05, 0.1) is 13.2 Å². The van der Waals surface area contributed by atoms with E-state index in [0.717, 1.165) is 29.7 Å². The first-order chi connectivity index (χ1) is 10.6. The summed E-state index contributed by atoms with van der Waals surface area (Å²) in [5.74, 6) is 0.781. The number of ether oxygens (including phenoxy) is 1. The van der Waals surface area contributed by atoms with Crippen molar-refractivity contribution in [3.63, 3.8) is 0 Å². The van der Waals surface area contributed by atoms with Gasteiger partial charge in [0.15, 0.2) is 0 Å². The summed E-state index contributed by atoms with van der Waals surface area (Å²) >= 11 is 0. The molecule has 22 heavy (non-hydrogen) atoms. The van der Waals surface area contributed by atoms with E-state index in [1.54, 1.807) is 7.11 Å². The molecule has 1 aliphatic carbocycles. The minimum atomic E-state index is -1.08. The van der Waals surface area contributed by atoms with Crippen molar-refractivity contribution in [2.75, 3.05) is 7.11 Å². The molecule has 0 aliphatic heterocycles. The number of aliphatic hydroxyl groups is 2. The summed E-state index contributed by atoms with van der Waals surface area (Å²) in [5, 5.41) is 21.5. The van der Waals surface area contributed by atoms with E-state index in [1.165, 1.54) is 0 Å². The molecule has 3 nitrogen and oxygen atoms in total. The molecular formula is C19H22O3. The highest BCUT2D eigenvalue weighted by Gasteiger charge is 2.43. The van der Waals surface area contributed by atoms with Gasteiger partial charge >= 0.3 is 0 Å². The quantitative estimate of drug-likeness (QED) is 0.912. The standard InChI is InChI=1S/C19H22O3/c1-22-18-11-8-15(9-12-18)19(21,14-5-3-2-4-6-14)16-7-10-17(20)13-16/h2-6,8-9,11-12,16-17,20-21H,7,10,13H2,1H3/t16-,17-,19?/m0/s1. The fourth-order valence-electron chi connectivity index (χ4n) is 3.51. The molecule has 0 aromatic heterocycles. The predicted molar refractivity (Wildman–Crippen MR) is 85.8 cm³/mol. The Labute approximate surface area is 131 Å². The molecule has 1 fully saturated rings. The summed E-state index contributed by atoms with van der Waals surface area (Å²) in [4.78, 5) is 0. The van der Waals surface area contributed by atoms with Crippen LogP contribution in [-0.2, 0) is 5.60 Å². The molecule has 1 aliphatic rings.